The molecule has 33 heavy (non-hydrogen) atoms. The number of ether oxygens (including phenoxy) is 1. The van der Waals surface area contributed by atoms with E-state index in [-0.39, 0.29) is 5.91 Å². The van der Waals surface area contributed by atoms with Crippen LogP contribution in [0.4, 0.5) is 0 Å². The Labute approximate surface area is 196 Å². The fourth-order valence-electron chi connectivity index (χ4n) is 4.01. The molecule has 3 aromatic rings. The zero-order valence-electron chi connectivity index (χ0n) is 20.2. The number of methoxy groups -OCH3 is 1. The van der Waals surface area contributed by atoms with Crippen LogP contribution in [-0.4, -0.2) is 41.0 Å². The van der Waals surface area contributed by atoms with E-state index in [1.165, 1.54) is 0 Å². The van der Waals surface area contributed by atoms with Gasteiger partial charge in [0, 0.05) is 53.1 Å². The number of nitrogens with one attached hydrogen (secondary N) is 1. The van der Waals surface area contributed by atoms with Crippen LogP contribution >= 0.6 is 0 Å². The number of aryl methyl sites for hydroxylation is 1. The smallest absolute Gasteiger partial charge is 0.254 e. The van der Waals surface area contributed by atoms with Gasteiger partial charge in [0.05, 0.1) is 7.11 Å². The molecule has 0 aliphatic heterocycles. The third-order valence-electron chi connectivity index (χ3n) is 5.83. The minimum absolute atomic E-state index is 0.0568. The van der Waals surface area contributed by atoms with Crippen LogP contribution in [0.2, 0.25) is 0 Å². The predicted octanol–water partition coefficient (Wildman–Crippen LogP) is 6.53. The molecule has 172 valence electrons. The maximum atomic E-state index is 13.0. The zero-order valence-corrected chi connectivity index (χ0v) is 20.2. The summed E-state index contributed by atoms with van der Waals surface area (Å²) in [5, 5.41) is 0.983. The summed E-state index contributed by atoms with van der Waals surface area (Å²) in [6.07, 6.45) is 10.4. The van der Waals surface area contributed by atoms with Crippen LogP contribution in [0.5, 0.6) is 0 Å². The second-order valence-electron chi connectivity index (χ2n) is 7.83. The van der Waals surface area contributed by atoms with E-state index >= 15 is 0 Å². The highest BCUT2D eigenvalue weighted by atomic mass is 16.5. The van der Waals surface area contributed by atoms with Gasteiger partial charge in [-0.3, -0.25) is 4.79 Å². The number of rotatable bonds is 9. The van der Waals surface area contributed by atoms with Gasteiger partial charge in [-0.05, 0) is 56.5 Å². The van der Waals surface area contributed by atoms with Crippen molar-refractivity contribution in [2.75, 3.05) is 20.2 Å². The summed E-state index contributed by atoms with van der Waals surface area (Å²) in [5.41, 5.74) is 6.34. The summed E-state index contributed by atoms with van der Waals surface area (Å²) in [7, 11) is 1.68. The molecule has 2 heterocycles. The van der Waals surface area contributed by atoms with Crippen molar-refractivity contribution in [2.45, 2.75) is 34.1 Å². The number of allylic oxidation sites excluding steroid dienone is 4. The van der Waals surface area contributed by atoms with Crippen LogP contribution < -0.4 is 0 Å². The van der Waals surface area contributed by atoms with Crippen LogP contribution in [0.15, 0.2) is 67.2 Å². The van der Waals surface area contributed by atoms with Gasteiger partial charge in [0.1, 0.15) is 11.4 Å². The lowest BCUT2D eigenvalue weighted by Gasteiger charge is -2.20. The minimum Gasteiger partial charge on any atom is -0.496 e. The number of fused-ring (bicyclic) bond motifs is 1. The number of pyridine rings is 1. The lowest BCUT2D eigenvalue weighted by Crippen LogP contribution is -2.31. The first-order chi connectivity index (χ1) is 16.0. The van der Waals surface area contributed by atoms with Crippen molar-refractivity contribution in [3.8, 4) is 11.1 Å². The maximum Gasteiger partial charge on any atom is 0.254 e. The van der Waals surface area contributed by atoms with E-state index in [0.717, 1.165) is 56.6 Å². The average molecular weight is 444 g/mol. The minimum atomic E-state index is 0.0568. The van der Waals surface area contributed by atoms with E-state index in [0.29, 0.717) is 13.1 Å². The van der Waals surface area contributed by atoms with E-state index in [4.69, 9.17) is 4.74 Å². The van der Waals surface area contributed by atoms with Gasteiger partial charge in [0.15, 0.2) is 0 Å². The molecule has 1 N–H and O–H groups in total. The molecule has 0 spiro atoms. The Balaban J connectivity index is 2.13. The number of hydrogen-bond acceptors (Lipinski definition) is 3. The molecule has 3 rings (SSSR count). The van der Waals surface area contributed by atoms with E-state index in [1.54, 1.807) is 13.2 Å². The van der Waals surface area contributed by atoms with E-state index < -0.39 is 0 Å². The van der Waals surface area contributed by atoms with E-state index in [1.807, 2.05) is 62.3 Å². The second kappa shape index (κ2) is 10.8. The number of nitrogens with zero attached hydrogens (tertiary/aromatic N) is 2. The molecule has 0 saturated heterocycles. The number of aromatic nitrogens is 2. The Morgan fingerprint density at radius 1 is 1.15 bits per heavy atom. The highest BCUT2D eigenvalue weighted by Crippen LogP contribution is 2.33. The Morgan fingerprint density at radius 3 is 2.55 bits per heavy atom. The predicted molar refractivity (Wildman–Crippen MR) is 137 cm³/mol. The quantitative estimate of drug-likeness (QED) is 0.302. The number of amides is 1. The van der Waals surface area contributed by atoms with Crippen molar-refractivity contribution < 1.29 is 9.53 Å². The molecule has 0 unspecified atom stereocenters. The average Bonchev–Trinajstić information content (AvgIpc) is 3.25. The largest absolute Gasteiger partial charge is 0.496 e. The molecule has 2 aromatic heterocycles. The normalized spacial score (nSPS) is 12.2. The lowest BCUT2D eigenvalue weighted by molar-refractivity contribution is 0.0772. The monoisotopic (exact) mass is 443 g/mol. The molecule has 0 bridgehead atoms. The van der Waals surface area contributed by atoms with Gasteiger partial charge < -0.3 is 14.6 Å². The molecule has 0 atom stereocenters. The van der Waals surface area contributed by atoms with Gasteiger partial charge in [0.2, 0.25) is 0 Å². The van der Waals surface area contributed by atoms with Crippen molar-refractivity contribution >= 4 is 22.5 Å². The number of benzene rings is 1. The molecular weight excluding hydrogens is 410 g/mol. The summed E-state index contributed by atoms with van der Waals surface area (Å²) in [6, 6.07) is 8.13. The van der Waals surface area contributed by atoms with Crippen molar-refractivity contribution in [1.82, 2.24) is 14.9 Å². The van der Waals surface area contributed by atoms with E-state index in [9.17, 15) is 4.79 Å². The van der Waals surface area contributed by atoms with Crippen LogP contribution in [0.3, 0.4) is 0 Å². The molecular formula is C28H33N3O2. The molecule has 0 radical (unpaired) electrons. The number of H-pyrrole nitrogens is 1. The first-order valence-electron chi connectivity index (χ1n) is 11.4. The second-order valence-corrected chi connectivity index (χ2v) is 7.83. The van der Waals surface area contributed by atoms with Gasteiger partial charge in [-0.1, -0.05) is 37.8 Å². The highest BCUT2D eigenvalue weighted by molar-refractivity contribution is 5.99. The summed E-state index contributed by atoms with van der Waals surface area (Å²) in [5.74, 6) is 0.854. The number of aromatic amines is 1. The van der Waals surface area contributed by atoms with E-state index in [2.05, 4.69) is 35.6 Å². The molecule has 5 heteroatoms. The van der Waals surface area contributed by atoms with Crippen molar-refractivity contribution in [1.29, 1.82) is 0 Å². The lowest BCUT2D eigenvalue weighted by atomic mass is 9.97. The van der Waals surface area contributed by atoms with Gasteiger partial charge in [0.25, 0.3) is 5.91 Å². The van der Waals surface area contributed by atoms with Gasteiger partial charge in [-0.2, -0.15) is 0 Å². The molecule has 5 nitrogen and oxygen atoms in total. The zero-order chi connectivity index (χ0) is 24.0. The van der Waals surface area contributed by atoms with Crippen molar-refractivity contribution in [2.24, 2.45) is 0 Å². The summed E-state index contributed by atoms with van der Waals surface area (Å²) in [4.78, 5) is 22.8. The first kappa shape index (κ1) is 24.1. The fourth-order valence-corrected chi connectivity index (χ4v) is 4.01. The number of carbonyl (C=O) groups is 1. The number of hydrogen-bond donors (Lipinski definition) is 1. The van der Waals surface area contributed by atoms with Crippen molar-refractivity contribution in [3.63, 3.8) is 0 Å². The Kier molecular flexibility index (Phi) is 7.88. The summed E-state index contributed by atoms with van der Waals surface area (Å²) in [6.45, 7) is 13.3. The van der Waals surface area contributed by atoms with Crippen molar-refractivity contribution in [3.05, 3.63) is 83.9 Å². The summed E-state index contributed by atoms with van der Waals surface area (Å²) < 4.78 is 5.66. The highest BCUT2D eigenvalue weighted by Gasteiger charge is 2.18. The maximum absolute atomic E-state index is 13.0. The molecule has 1 amide bonds. The van der Waals surface area contributed by atoms with Gasteiger partial charge in [-0.15, -0.1) is 0 Å². The third kappa shape index (κ3) is 4.92. The third-order valence-corrected chi connectivity index (χ3v) is 5.83. The van der Waals surface area contributed by atoms with Gasteiger partial charge >= 0.3 is 0 Å². The van der Waals surface area contributed by atoms with Crippen LogP contribution in [-0.2, 0) is 4.74 Å². The summed E-state index contributed by atoms with van der Waals surface area (Å²) >= 11 is 0. The molecule has 0 saturated carbocycles. The SMILES string of the molecule is C=C/C=C(\C(=C/CC)OC)c1c[nH]c2ncc(-c3ccc(C)c(C(=O)N(CC)CC)c3)cc12. The Bertz CT molecular complexity index is 1210. The standard InChI is InChI=1S/C28H33N3O2/c1-7-11-22(26(33-6)12-8-2)25-18-30-27-24(25)16-21(17-29-27)20-14-13-19(5)23(15-20)28(32)31(9-3)10-4/h7,11-18H,1,8-10H2,2-6H3,(H,29,30)/b22-11-,26-12+. The molecule has 0 fully saturated rings. The van der Waals surface area contributed by atoms with Crippen LogP contribution in [0.1, 0.15) is 48.7 Å². The molecule has 0 aliphatic rings. The molecule has 1 aromatic carbocycles. The Hall–Kier alpha value is -3.60. The topological polar surface area (TPSA) is 58.2 Å². The van der Waals surface area contributed by atoms with Crippen LogP contribution in [0, 0.1) is 6.92 Å². The number of carbonyl (C=O) groups excluding carboxylic acids is 1. The fraction of sp³-hybridized carbons (Fsp3) is 0.286. The van der Waals surface area contributed by atoms with Crippen LogP contribution in [0.25, 0.3) is 27.7 Å². The Morgan fingerprint density at radius 2 is 1.91 bits per heavy atom. The molecule has 0 aliphatic carbocycles. The van der Waals surface area contributed by atoms with Gasteiger partial charge in [-0.25, -0.2) is 4.98 Å². The first-order valence-corrected chi connectivity index (χ1v) is 11.4.